The van der Waals surface area contributed by atoms with Crippen molar-refractivity contribution in [3.63, 3.8) is 0 Å². The summed E-state index contributed by atoms with van der Waals surface area (Å²) in [5, 5.41) is 3.71. The van der Waals surface area contributed by atoms with E-state index in [2.05, 4.69) is 31.1 Å². The van der Waals surface area contributed by atoms with Crippen LogP contribution in [-0.2, 0) is 13.5 Å². The number of hydrogen-bond donors (Lipinski definition) is 0. The zero-order valence-corrected chi connectivity index (χ0v) is 10.4. The summed E-state index contributed by atoms with van der Waals surface area (Å²) in [6, 6.07) is 8.03. The first-order chi connectivity index (χ1) is 8.06. The van der Waals surface area contributed by atoms with Gasteiger partial charge in [-0.2, -0.15) is 4.39 Å². The zero-order chi connectivity index (χ0) is 12.4. The van der Waals surface area contributed by atoms with Crippen LogP contribution in [0.1, 0.15) is 19.4 Å². The van der Waals surface area contributed by atoms with Gasteiger partial charge in [0.25, 0.3) is 0 Å². The highest BCUT2D eigenvalue weighted by Crippen LogP contribution is 2.22. The monoisotopic (exact) mass is 232 g/mol. The van der Waals surface area contributed by atoms with Crippen LogP contribution in [0.15, 0.2) is 30.5 Å². The molecule has 0 fully saturated rings. The maximum absolute atomic E-state index is 13.5. The largest absolute Gasteiger partial charge is 0.272 e. The van der Waals surface area contributed by atoms with Gasteiger partial charge < -0.3 is 0 Å². The molecule has 1 heterocycles. The van der Waals surface area contributed by atoms with Gasteiger partial charge in [0.15, 0.2) is 0 Å². The highest BCUT2D eigenvalue weighted by Gasteiger charge is 2.09. The second-order valence-corrected chi connectivity index (χ2v) is 4.80. The molecule has 3 heteroatoms. The Balaban J connectivity index is 2.26. The van der Waals surface area contributed by atoms with E-state index in [9.17, 15) is 4.39 Å². The van der Waals surface area contributed by atoms with Crippen LogP contribution in [-0.4, -0.2) is 9.78 Å². The van der Waals surface area contributed by atoms with Crippen LogP contribution in [0.5, 0.6) is 0 Å². The zero-order valence-electron chi connectivity index (χ0n) is 10.4. The van der Waals surface area contributed by atoms with Gasteiger partial charge in [-0.1, -0.05) is 38.1 Å². The van der Waals surface area contributed by atoms with Crippen molar-refractivity contribution in [1.29, 1.82) is 0 Å². The molecule has 0 aliphatic rings. The lowest BCUT2D eigenvalue weighted by Gasteiger charge is -2.05. The van der Waals surface area contributed by atoms with Crippen molar-refractivity contribution >= 4 is 0 Å². The number of aryl methyl sites for hydroxylation is 1. The summed E-state index contributed by atoms with van der Waals surface area (Å²) in [4.78, 5) is 0. The summed E-state index contributed by atoms with van der Waals surface area (Å²) >= 11 is 0. The van der Waals surface area contributed by atoms with Gasteiger partial charge >= 0.3 is 0 Å². The van der Waals surface area contributed by atoms with Crippen LogP contribution < -0.4 is 0 Å². The topological polar surface area (TPSA) is 17.8 Å². The normalized spacial score (nSPS) is 11.1. The molecule has 0 aliphatic heterocycles. The molecule has 2 aromatic rings. The molecule has 0 saturated heterocycles. The quantitative estimate of drug-likeness (QED) is 0.792. The average Bonchev–Trinajstić information content (AvgIpc) is 2.58. The molecule has 0 unspecified atom stereocenters. The SMILES string of the molecule is CC(C)Cc1ccc(-c2cn(C)nc2F)cc1. The van der Waals surface area contributed by atoms with Crippen LogP contribution in [0, 0.1) is 11.9 Å². The molecule has 0 N–H and O–H groups in total. The maximum atomic E-state index is 13.5. The van der Waals surface area contributed by atoms with Crippen molar-refractivity contribution in [3.8, 4) is 11.1 Å². The lowest BCUT2D eigenvalue weighted by molar-refractivity contribution is 0.555. The number of rotatable bonds is 3. The summed E-state index contributed by atoms with van der Waals surface area (Å²) in [5.74, 6) is 0.222. The van der Waals surface area contributed by atoms with Gasteiger partial charge in [-0.3, -0.25) is 4.68 Å². The van der Waals surface area contributed by atoms with Crippen LogP contribution in [0.3, 0.4) is 0 Å². The van der Waals surface area contributed by atoms with Crippen molar-refractivity contribution in [3.05, 3.63) is 42.0 Å². The van der Waals surface area contributed by atoms with Crippen LogP contribution in [0.2, 0.25) is 0 Å². The first kappa shape index (κ1) is 11.8. The molecule has 1 aromatic carbocycles. The van der Waals surface area contributed by atoms with Crippen molar-refractivity contribution in [2.45, 2.75) is 20.3 Å². The maximum Gasteiger partial charge on any atom is 0.240 e. The fourth-order valence-electron chi connectivity index (χ4n) is 1.95. The predicted molar refractivity (Wildman–Crippen MR) is 67.1 cm³/mol. The minimum atomic E-state index is -0.413. The van der Waals surface area contributed by atoms with E-state index in [0.717, 1.165) is 12.0 Å². The molecule has 0 saturated carbocycles. The summed E-state index contributed by atoms with van der Waals surface area (Å²) in [6.45, 7) is 4.38. The Bertz CT molecular complexity index is 497. The van der Waals surface area contributed by atoms with E-state index in [0.29, 0.717) is 11.5 Å². The first-order valence-corrected chi connectivity index (χ1v) is 5.84. The molecule has 2 nitrogen and oxygen atoms in total. The molecule has 0 bridgehead atoms. The first-order valence-electron chi connectivity index (χ1n) is 5.84. The van der Waals surface area contributed by atoms with E-state index in [-0.39, 0.29) is 0 Å². The summed E-state index contributed by atoms with van der Waals surface area (Å²) in [6.07, 6.45) is 2.75. The summed E-state index contributed by atoms with van der Waals surface area (Å²) < 4.78 is 15.0. The number of benzene rings is 1. The molecule has 2 rings (SSSR count). The Labute approximate surface area is 101 Å². The molecular weight excluding hydrogens is 215 g/mol. The summed E-state index contributed by atoms with van der Waals surface area (Å²) in [7, 11) is 1.72. The molecule has 0 aliphatic carbocycles. The van der Waals surface area contributed by atoms with E-state index in [4.69, 9.17) is 0 Å². The predicted octanol–water partition coefficient (Wildman–Crippen LogP) is 3.42. The number of halogens is 1. The lowest BCUT2D eigenvalue weighted by atomic mass is 10.0. The van der Waals surface area contributed by atoms with Crippen molar-refractivity contribution in [2.24, 2.45) is 13.0 Å². The molecule has 0 radical (unpaired) electrons. The van der Waals surface area contributed by atoms with Crippen LogP contribution in [0.4, 0.5) is 4.39 Å². The Hall–Kier alpha value is -1.64. The van der Waals surface area contributed by atoms with Gasteiger partial charge in [-0.05, 0) is 23.5 Å². The van der Waals surface area contributed by atoms with E-state index in [1.54, 1.807) is 13.2 Å². The van der Waals surface area contributed by atoms with Gasteiger partial charge in [-0.25, -0.2) is 0 Å². The van der Waals surface area contributed by atoms with Gasteiger partial charge in [0.1, 0.15) is 0 Å². The second kappa shape index (κ2) is 4.70. The van der Waals surface area contributed by atoms with Gasteiger partial charge in [0.05, 0.1) is 5.56 Å². The number of hydrogen-bond acceptors (Lipinski definition) is 1. The summed E-state index contributed by atoms with van der Waals surface area (Å²) in [5.41, 5.74) is 2.72. The van der Waals surface area contributed by atoms with Crippen LogP contribution in [0.25, 0.3) is 11.1 Å². The molecular formula is C14H17FN2. The van der Waals surface area contributed by atoms with E-state index in [1.165, 1.54) is 10.2 Å². The Morgan fingerprint density at radius 1 is 1.24 bits per heavy atom. The highest BCUT2D eigenvalue weighted by molar-refractivity contribution is 5.62. The third kappa shape index (κ3) is 2.73. The fourth-order valence-corrected chi connectivity index (χ4v) is 1.95. The lowest BCUT2D eigenvalue weighted by Crippen LogP contribution is -1.93. The van der Waals surface area contributed by atoms with Crippen molar-refractivity contribution < 1.29 is 4.39 Å². The Kier molecular flexibility index (Phi) is 3.27. The highest BCUT2D eigenvalue weighted by atomic mass is 19.1. The van der Waals surface area contributed by atoms with Gasteiger partial charge in [-0.15, -0.1) is 5.10 Å². The minimum absolute atomic E-state index is 0.413. The third-order valence-corrected chi connectivity index (χ3v) is 2.69. The molecule has 0 spiro atoms. The fraction of sp³-hybridized carbons (Fsp3) is 0.357. The number of nitrogens with zero attached hydrogens (tertiary/aromatic N) is 2. The second-order valence-electron chi connectivity index (χ2n) is 4.80. The Morgan fingerprint density at radius 2 is 1.88 bits per heavy atom. The third-order valence-electron chi connectivity index (χ3n) is 2.69. The molecule has 0 amide bonds. The molecule has 1 aromatic heterocycles. The van der Waals surface area contributed by atoms with Crippen LogP contribution >= 0.6 is 0 Å². The average molecular weight is 232 g/mol. The van der Waals surface area contributed by atoms with E-state index < -0.39 is 5.95 Å². The number of aromatic nitrogens is 2. The van der Waals surface area contributed by atoms with Crippen molar-refractivity contribution in [1.82, 2.24) is 9.78 Å². The van der Waals surface area contributed by atoms with Gasteiger partial charge in [0, 0.05) is 13.2 Å². The molecule has 90 valence electrons. The Morgan fingerprint density at radius 3 is 2.35 bits per heavy atom. The van der Waals surface area contributed by atoms with E-state index in [1.807, 2.05) is 12.1 Å². The molecule has 0 atom stereocenters. The minimum Gasteiger partial charge on any atom is -0.272 e. The standard InChI is InChI=1S/C14H17FN2/c1-10(2)8-11-4-6-12(7-5-11)13-9-17(3)16-14(13)15/h4-7,9-10H,8H2,1-3H3. The van der Waals surface area contributed by atoms with Crippen molar-refractivity contribution in [2.75, 3.05) is 0 Å². The smallest absolute Gasteiger partial charge is 0.240 e. The molecule has 17 heavy (non-hydrogen) atoms. The van der Waals surface area contributed by atoms with E-state index >= 15 is 0 Å². The van der Waals surface area contributed by atoms with Gasteiger partial charge in [0.2, 0.25) is 5.95 Å².